The van der Waals surface area contributed by atoms with Gasteiger partial charge in [0.05, 0.1) is 44.6 Å². The van der Waals surface area contributed by atoms with E-state index in [0.29, 0.717) is 6.61 Å². The number of pyridine rings is 1. The minimum absolute atomic E-state index is 0.109. The first-order chi connectivity index (χ1) is 13.0. The summed E-state index contributed by atoms with van der Waals surface area (Å²) in [5.41, 5.74) is -0.550. The SMILES string of the molecule is CC(C)COc1ncc(Oc2cc(F)c(C(=O)NS(=O)(=O)I)cc2Cl)cc1Cl. The highest BCUT2D eigenvalue weighted by molar-refractivity contribution is 14.2. The number of hydrogen-bond acceptors (Lipinski definition) is 6. The van der Waals surface area contributed by atoms with Gasteiger partial charge in [-0.2, -0.15) is 8.42 Å². The first-order valence-electron chi connectivity index (χ1n) is 7.68. The highest BCUT2D eigenvalue weighted by Gasteiger charge is 2.20. The standard InChI is InChI=1S/C16H14Cl2FIN2O5S/c1-8(2)7-26-16-12(18)3-9(6-21-16)27-14-5-13(19)10(4-11(14)17)15(23)22-28(20,24)25/h3-6,8H,7H2,1-2H3,(H,22,23). The van der Waals surface area contributed by atoms with Crippen molar-refractivity contribution >= 4 is 57.5 Å². The fourth-order valence-electron chi connectivity index (χ4n) is 1.89. The minimum Gasteiger partial charge on any atom is -0.476 e. The van der Waals surface area contributed by atoms with Crippen LogP contribution in [0.4, 0.5) is 4.39 Å². The number of carbonyl (C=O) groups is 1. The number of rotatable bonds is 7. The third-order valence-corrected chi connectivity index (χ3v) is 4.70. The highest BCUT2D eigenvalue weighted by atomic mass is 127. The van der Waals surface area contributed by atoms with Crippen LogP contribution >= 0.6 is 44.4 Å². The Morgan fingerprint density at radius 2 is 1.96 bits per heavy atom. The molecule has 0 aliphatic rings. The number of carbonyl (C=O) groups excluding carboxylic acids is 1. The van der Waals surface area contributed by atoms with Crippen LogP contribution in [0.15, 0.2) is 24.4 Å². The lowest BCUT2D eigenvalue weighted by molar-refractivity contribution is 0.0978. The number of ether oxygens (including phenoxy) is 2. The lowest BCUT2D eigenvalue weighted by Crippen LogP contribution is -2.27. The topological polar surface area (TPSA) is 94.6 Å². The van der Waals surface area contributed by atoms with Crippen LogP contribution in [-0.2, 0) is 7.19 Å². The highest BCUT2D eigenvalue weighted by Crippen LogP contribution is 2.34. The molecule has 0 saturated carbocycles. The molecule has 0 bridgehead atoms. The van der Waals surface area contributed by atoms with Crippen LogP contribution in [-0.4, -0.2) is 25.9 Å². The third kappa shape index (κ3) is 6.61. The number of hydrogen-bond donors (Lipinski definition) is 1. The van der Waals surface area contributed by atoms with E-state index in [4.69, 9.17) is 32.7 Å². The maximum Gasteiger partial charge on any atom is 0.288 e. The van der Waals surface area contributed by atoms with Crippen molar-refractivity contribution in [2.45, 2.75) is 13.8 Å². The van der Waals surface area contributed by atoms with Crippen molar-refractivity contribution in [2.24, 2.45) is 5.92 Å². The molecule has 12 heteroatoms. The van der Waals surface area contributed by atoms with E-state index >= 15 is 0 Å². The molecule has 0 aliphatic heterocycles. The summed E-state index contributed by atoms with van der Waals surface area (Å²) in [6, 6.07) is 3.23. The molecule has 0 unspecified atom stereocenters. The van der Waals surface area contributed by atoms with Crippen LogP contribution in [0.1, 0.15) is 24.2 Å². The monoisotopic (exact) mass is 562 g/mol. The van der Waals surface area contributed by atoms with Gasteiger partial charge in [-0.3, -0.25) is 4.79 Å². The molecule has 1 heterocycles. The molecule has 7 nitrogen and oxygen atoms in total. The van der Waals surface area contributed by atoms with Crippen molar-refractivity contribution in [2.75, 3.05) is 6.61 Å². The maximum absolute atomic E-state index is 14.2. The predicted molar refractivity (Wildman–Crippen MR) is 111 cm³/mol. The number of nitrogens with zero attached hydrogens (tertiary/aromatic N) is 1. The van der Waals surface area contributed by atoms with E-state index in [1.54, 1.807) is 4.72 Å². The summed E-state index contributed by atoms with van der Waals surface area (Å²) in [7, 11) is -3.88. The van der Waals surface area contributed by atoms with Crippen molar-refractivity contribution in [3.63, 3.8) is 0 Å². The van der Waals surface area contributed by atoms with E-state index in [-0.39, 0.29) is 33.3 Å². The van der Waals surface area contributed by atoms with Gasteiger partial charge in [0, 0.05) is 12.1 Å². The molecule has 28 heavy (non-hydrogen) atoms. The largest absolute Gasteiger partial charge is 0.476 e. The Balaban J connectivity index is 2.22. The summed E-state index contributed by atoms with van der Waals surface area (Å²) in [4.78, 5) is 15.9. The quantitative estimate of drug-likeness (QED) is 0.386. The van der Waals surface area contributed by atoms with Crippen LogP contribution in [0.2, 0.25) is 10.0 Å². The summed E-state index contributed by atoms with van der Waals surface area (Å²) < 4.78 is 49.0. The Hall–Kier alpha value is -1.37. The minimum atomic E-state index is -3.88. The second kappa shape index (κ2) is 9.42. The van der Waals surface area contributed by atoms with Gasteiger partial charge in [-0.1, -0.05) is 37.0 Å². The Morgan fingerprint density at radius 3 is 2.54 bits per heavy atom. The Labute approximate surface area is 183 Å². The van der Waals surface area contributed by atoms with Crippen LogP contribution in [0.3, 0.4) is 0 Å². The first-order valence-corrected chi connectivity index (χ1v) is 12.5. The molecule has 0 spiro atoms. The molecule has 1 aromatic carbocycles. The van der Waals surface area contributed by atoms with E-state index in [9.17, 15) is 17.6 Å². The molecule has 0 saturated heterocycles. The molecule has 0 radical (unpaired) electrons. The molecule has 1 amide bonds. The van der Waals surface area contributed by atoms with Crippen molar-refractivity contribution in [1.29, 1.82) is 0 Å². The van der Waals surface area contributed by atoms with E-state index in [2.05, 4.69) is 4.98 Å². The average Bonchev–Trinajstić information content (AvgIpc) is 2.55. The summed E-state index contributed by atoms with van der Waals surface area (Å²) >= 11 is 13.1. The molecule has 0 fully saturated rings. The van der Waals surface area contributed by atoms with Gasteiger partial charge in [0.15, 0.2) is 0 Å². The van der Waals surface area contributed by atoms with Crippen LogP contribution in [0.5, 0.6) is 17.4 Å². The number of benzene rings is 1. The molecular formula is C16H14Cl2FIN2O5S. The van der Waals surface area contributed by atoms with E-state index in [0.717, 1.165) is 33.3 Å². The lowest BCUT2D eigenvalue weighted by atomic mass is 10.2. The Bertz CT molecular complexity index is 1000. The van der Waals surface area contributed by atoms with Crippen molar-refractivity contribution < 1.29 is 27.1 Å². The summed E-state index contributed by atoms with van der Waals surface area (Å²) in [6.45, 7) is 4.38. The van der Waals surface area contributed by atoms with Crippen LogP contribution in [0.25, 0.3) is 0 Å². The second-order valence-corrected chi connectivity index (χ2v) is 11.3. The van der Waals surface area contributed by atoms with Crippen molar-refractivity contribution in [3.8, 4) is 17.4 Å². The van der Waals surface area contributed by atoms with Crippen molar-refractivity contribution in [1.82, 2.24) is 9.71 Å². The summed E-state index contributed by atoms with van der Waals surface area (Å²) in [6.07, 6.45) is 1.32. The Morgan fingerprint density at radius 1 is 1.29 bits per heavy atom. The number of amides is 1. The zero-order chi connectivity index (χ0) is 21.1. The molecule has 1 aromatic heterocycles. The summed E-state index contributed by atoms with van der Waals surface area (Å²) in [5.74, 6) is -1.61. The lowest BCUT2D eigenvalue weighted by Gasteiger charge is -2.12. The predicted octanol–water partition coefficient (Wildman–Crippen LogP) is 4.76. The van der Waals surface area contributed by atoms with E-state index in [1.807, 2.05) is 13.8 Å². The van der Waals surface area contributed by atoms with E-state index < -0.39 is 24.5 Å². The van der Waals surface area contributed by atoms with Crippen LogP contribution in [0, 0.1) is 11.7 Å². The van der Waals surface area contributed by atoms with E-state index in [1.165, 1.54) is 12.3 Å². The van der Waals surface area contributed by atoms with Gasteiger partial charge in [0.25, 0.3) is 13.1 Å². The summed E-state index contributed by atoms with van der Waals surface area (Å²) in [5, 5.41) is 0.0756. The zero-order valence-electron chi connectivity index (χ0n) is 14.5. The zero-order valence-corrected chi connectivity index (χ0v) is 19.0. The van der Waals surface area contributed by atoms with Gasteiger partial charge in [-0.05, 0) is 12.0 Å². The van der Waals surface area contributed by atoms with Crippen LogP contribution < -0.4 is 14.2 Å². The van der Waals surface area contributed by atoms with Gasteiger partial charge < -0.3 is 9.47 Å². The van der Waals surface area contributed by atoms with Gasteiger partial charge >= 0.3 is 0 Å². The van der Waals surface area contributed by atoms with Crippen molar-refractivity contribution in [3.05, 3.63) is 45.8 Å². The second-order valence-electron chi connectivity index (χ2n) is 5.90. The Kier molecular flexibility index (Phi) is 7.71. The molecule has 2 aromatic rings. The normalized spacial score (nSPS) is 11.4. The van der Waals surface area contributed by atoms with Gasteiger partial charge in [0.2, 0.25) is 5.88 Å². The fraction of sp³-hybridized carbons (Fsp3) is 0.250. The number of aromatic nitrogens is 1. The van der Waals surface area contributed by atoms with Gasteiger partial charge in [0.1, 0.15) is 22.3 Å². The fourth-order valence-corrected chi connectivity index (χ4v) is 3.23. The number of nitrogens with one attached hydrogen (secondary N) is 1. The smallest absolute Gasteiger partial charge is 0.288 e. The third-order valence-electron chi connectivity index (χ3n) is 3.04. The molecule has 1 N–H and O–H groups in total. The van der Waals surface area contributed by atoms with Gasteiger partial charge in [-0.25, -0.2) is 14.1 Å². The molecule has 2 rings (SSSR count). The molecule has 152 valence electrons. The maximum atomic E-state index is 14.2. The first kappa shape index (κ1) is 22.9. The van der Waals surface area contributed by atoms with Gasteiger partial charge in [-0.15, -0.1) is 0 Å². The molecular weight excluding hydrogens is 549 g/mol. The molecule has 0 atom stereocenters. The number of halogens is 4. The average molecular weight is 563 g/mol. The molecule has 0 aliphatic carbocycles.